The van der Waals surface area contributed by atoms with E-state index in [1.54, 1.807) is 6.92 Å². The third-order valence-corrected chi connectivity index (χ3v) is 3.89. The maximum atomic E-state index is 11.5. The highest BCUT2D eigenvalue weighted by atomic mass is 16.5. The first-order chi connectivity index (χ1) is 9.59. The Morgan fingerprint density at radius 1 is 1.30 bits per heavy atom. The van der Waals surface area contributed by atoms with Gasteiger partial charge < -0.3 is 10.1 Å². The molecule has 1 aliphatic heterocycles. The zero-order chi connectivity index (χ0) is 14.5. The Hall–Kier alpha value is -1.39. The molecule has 0 radical (unpaired) electrons. The van der Waals surface area contributed by atoms with Gasteiger partial charge in [-0.05, 0) is 32.9 Å². The van der Waals surface area contributed by atoms with Crippen molar-refractivity contribution in [2.24, 2.45) is 0 Å². The average Bonchev–Trinajstić information content (AvgIpc) is 2.42. The Morgan fingerprint density at radius 2 is 1.95 bits per heavy atom. The number of hydrogen-bond acceptors (Lipinski definition) is 4. The Morgan fingerprint density at radius 3 is 2.60 bits per heavy atom. The monoisotopic (exact) mass is 276 g/mol. The summed E-state index contributed by atoms with van der Waals surface area (Å²) in [5, 5.41) is 3.42. The number of carbonyl (C=O) groups excluding carboxylic acids is 1. The van der Waals surface area contributed by atoms with Gasteiger partial charge in [-0.15, -0.1) is 0 Å². The van der Waals surface area contributed by atoms with Crippen molar-refractivity contribution in [3.05, 3.63) is 29.8 Å². The summed E-state index contributed by atoms with van der Waals surface area (Å²) >= 11 is 0. The van der Waals surface area contributed by atoms with Gasteiger partial charge in [0.2, 0.25) is 0 Å². The summed E-state index contributed by atoms with van der Waals surface area (Å²) in [4.78, 5) is 14.0. The lowest BCUT2D eigenvalue weighted by Gasteiger charge is -2.39. The molecule has 1 aromatic carbocycles. The Kier molecular flexibility index (Phi) is 5.15. The number of Topliss-reactive ketones (excluding diaryl/α,β-unsaturated/α-hetero) is 1. The van der Waals surface area contributed by atoms with Gasteiger partial charge >= 0.3 is 0 Å². The van der Waals surface area contributed by atoms with E-state index in [0.29, 0.717) is 30.0 Å². The van der Waals surface area contributed by atoms with Crippen LogP contribution in [0.3, 0.4) is 0 Å². The van der Waals surface area contributed by atoms with Gasteiger partial charge in [-0.1, -0.05) is 12.1 Å². The molecule has 1 fully saturated rings. The molecule has 1 aliphatic rings. The molecule has 4 heteroatoms. The van der Waals surface area contributed by atoms with Gasteiger partial charge in [0.25, 0.3) is 0 Å². The van der Waals surface area contributed by atoms with Crippen LogP contribution in [0, 0.1) is 0 Å². The third kappa shape index (κ3) is 3.58. The summed E-state index contributed by atoms with van der Waals surface area (Å²) in [6, 6.07) is 8.48. The van der Waals surface area contributed by atoms with E-state index in [9.17, 15) is 4.79 Å². The summed E-state index contributed by atoms with van der Waals surface area (Å²) in [6.45, 7) is 9.57. The second kappa shape index (κ2) is 6.86. The molecule has 0 bridgehead atoms. The smallest absolute Gasteiger partial charge is 0.163 e. The Balaban J connectivity index is 1.91. The van der Waals surface area contributed by atoms with Crippen LogP contribution in [0.4, 0.5) is 0 Å². The number of piperazine rings is 1. The zero-order valence-corrected chi connectivity index (χ0v) is 12.6. The average molecular weight is 276 g/mol. The van der Waals surface area contributed by atoms with Crippen LogP contribution in [0.1, 0.15) is 31.1 Å². The minimum atomic E-state index is 0.0458. The molecule has 0 saturated carbocycles. The second-order valence-electron chi connectivity index (χ2n) is 5.49. The maximum Gasteiger partial charge on any atom is 0.163 e. The van der Waals surface area contributed by atoms with Crippen LogP contribution in [0.5, 0.6) is 5.75 Å². The second-order valence-corrected chi connectivity index (χ2v) is 5.49. The molecule has 0 aliphatic carbocycles. The predicted octanol–water partition coefficient (Wildman–Crippen LogP) is 1.95. The number of hydrogen-bond donors (Lipinski definition) is 1. The lowest BCUT2D eigenvalue weighted by atomic mass is 10.1. The standard InChI is InChI=1S/C16H24N2O2/c1-12-10-17-11-13(2)18(12)8-9-20-16-7-5-4-6-15(16)14(3)19/h4-7,12-13,17H,8-11H2,1-3H3. The first-order valence-electron chi connectivity index (χ1n) is 7.29. The van der Waals surface area contributed by atoms with Crippen LogP contribution in [0.25, 0.3) is 0 Å². The minimum Gasteiger partial charge on any atom is -0.491 e. The van der Waals surface area contributed by atoms with E-state index in [0.717, 1.165) is 19.6 Å². The van der Waals surface area contributed by atoms with Crippen LogP contribution < -0.4 is 10.1 Å². The lowest BCUT2D eigenvalue weighted by molar-refractivity contribution is 0.0945. The fourth-order valence-electron chi connectivity index (χ4n) is 2.76. The molecule has 2 rings (SSSR count). The van der Waals surface area contributed by atoms with Gasteiger partial charge in [0.15, 0.2) is 5.78 Å². The molecular weight excluding hydrogens is 252 g/mol. The predicted molar refractivity (Wildman–Crippen MR) is 80.4 cm³/mol. The van der Waals surface area contributed by atoms with Crippen molar-refractivity contribution >= 4 is 5.78 Å². The van der Waals surface area contributed by atoms with E-state index in [4.69, 9.17) is 4.74 Å². The summed E-state index contributed by atoms with van der Waals surface area (Å²) < 4.78 is 5.81. The Bertz CT molecular complexity index is 452. The number of rotatable bonds is 5. The molecule has 1 aromatic rings. The largest absolute Gasteiger partial charge is 0.491 e. The molecule has 0 aromatic heterocycles. The van der Waals surface area contributed by atoms with Crippen LogP contribution in [-0.2, 0) is 0 Å². The molecule has 2 atom stereocenters. The van der Waals surface area contributed by atoms with Crippen LogP contribution in [0.15, 0.2) is 24.3 Å². The molecule has 110 valence electrons. The topological polar surface area (TPSA) is 41.6 Å². The van der Waals surface area contributed by atoms with Crippen molar-refractivity contribution in [2.45, 2.75) is 32.9 Å². The van der Waals surface area contributed by atoms with E-state index < -0.39 is 0 Å². The minimum absolute atomic E-state index is 0.0458. The van der Waals surface area contributed by atoms with Crippen molar-refractivity contribution in [3.8, 4) is 5.75 Å². The zero-order valence-electron chi connectivity index (χ0n) is 12.6. The third-order valence-electron chi connectivity index (χ3n) is 3.89. The van der Waals surface area contributed by atoms with Crippen LogP contribution in [-0.4, -0.2) is 49.0 Å². The van der Waals surface area contributed by atoms with E-state index in [1.807, 2.05) is 24.3 Å². The summed E-state index contributed by atoms with van der Waals surface area (Å²) in [6.07, 6.45) is 0. The van der Waals surface area contributed by atoms with E-state index in [1.165, 1.54) is 0 Å². The quantitative estimate of drug-likeness (QED) is 0.835. The lowest BCUT2D eigenvalue weighted by Crippen LogP contribution is -2.55. The highest BCUT2D eigenvalue weighted by molar-refractivity contribution is 5.96. The highest BCUT2D eigenvalue weighted by Gasteiger charge is 2.23. The summed E-state index contributed by atoms with van der Waals surface area (Å²) in [5.41, 5.74) is 0.661. The molecule has 20 heavy (non-hydrogen) atoms. The SMILES string of the molecule is CC(=O)c1ccccc1OCCN1C(C)CNCC1C. The number of nitrogens with zero attached hydrogens (tertiary/aromatic N) is 1. The Labute approximate surface area is 121 Å². The summed E-state index contributed by atoms with van der Waals surface area (Å²) in [5.74, 6) is 0.736. The molecule has 4 nitrogen and oxygen atoms in total. The number of para-hydroxylation sites is 1. The van der Waals surface area contributed by atoms with Crippen molar-refractivity contribution in [1.29, 1.82) is 0 Å². The molecular formula is C16H24N2O2. The molecule has 1 N–H and O–H groups in total. The van der Waals surface area contributed by atoms with Crippen molar-refractivity contribution in [2.75, 3.05) is 26.2 Å². The normalized spacial score (nSPS) is 23.6. The van der Waals surface area contributed by atoms with Gasteiger partial charge in [0.1, 0.15) is 12.4 Å². The fraction of sp³-hybridized carbons (Fsp3) is 0.562. The van der Waals surface area contributed by atoms with E-state index >= 15 is 0 Å². The van der Waals surface area contributed by atoms with Crippen molar-refractivity contribution in [1.82, 2.24) is 10.2 Å². The molecule has 2 unspecified atom stereocenters. The molecule has 1 heterocycles. The van der Waals surface area contributed by atoms with Gasteiger partial charge in [-0.3, -0.25) is 9.69 Å². The summed E-state index contributed by atoms with van der Waals surface area (Å²) in [7, 11) is 0. The van der Waals surface area contributed by atoms with Gasteiger partial charge in [-0.2, -0.15) is 0 Å². The first kappa shape index (κ1) is 15.0. The highest BCUT2D eigenvalue weighted by Crippen LogP contribution is 2.18. The van der Waals surface area contributed by atoms with Crippen molar-refractivity contribution < 1.29 is 9.53 Å². The molecule has 0 spiro atoms. The van der Waals surface area contributed by atoms with E-state index in [2.05, 4.69) is 24.1 Å². The van der Waals surface area contributed by atoms with Gasteiger partial charge in [-0.25, -0.2) is 0 Å². The number of carbonyl (C=O) groups is 1. The number of benzene rings is 1. The number of nitrogens with one attached hydrogen (secondary N) is 1. The molecule has 0 amide bonds. The van der Waals surface area contributed by atoms with Crippen LogP contribution in [0.2, 0.25) is 0 Å². The van der Waals surface area contributed by atoms with Gasteiger partial charge in [0.05, 0.1) is 5.56 Å². The first-order valence-corrected chi connectivity index (χ1v) is 7.29. The fourth-order valence-corrected chi connectivity index (χ4v) is 2.76. The van der Waals surface area contributed by atoms with Crippen LogP contribution >= 0.6 is 0 Å². The van der Waals surface area contributed by atoms with Crippen molar-refractivity contribution in [3.63, 3.8) is 0 Å². The maximum absolute atomic E-state index is 11.5. The number of ketones is 1. The molecule has 1 saturated heterocycles. The van der Waals surface area contributed by atoms with Gasteiger partial charge in [0, 0.05) is 31.7 Å². The van der Waals surface area contributed by atoms with E-state index in [-0.39, 0.29) is 5.78 Å². The number of ether oxygens (including phenoxy) is 1.